The Morgan fingerprint density at radius 1 is 0.311 bits per heavy atom. The molecule has 22 heterocycles. The predicted molar refractivity (Wildman–Crippen MR) is 223 cm³/mol. The van der Waals surface area contributed by atoms with Crippen molar-refractivity contribution in [1.29, 1.82) is 0 Å². The van der Waals surface area contributed by atoms with Crippen molar-refractivity contribution in [1.82, 2.24) is 0 Å². The predicted octanol–water partition coefficient (Wildman–Crippen LogP) is -13.9. The maximum atomic E-state index is 11.8. The maximum absolute atomic E-state index is 11.8. The van der Waals surface area contributed by atoms with Crippen molar-refractivity contribution in [2.24, 2.45) is 0 Å². The van der Waals surface area contributed by atoms with E-state index in [9.17, 15) is 102 Å². The third kappa shape index (κ3) is 12.2. The second-order valence-corrected chi connectivity index (χ2v) is 19.0. The zero-order valence-corrected chi connectivity index (χ0v) is 39.3. The van der Waals surface area contributed by atoms with Crippen LogP contribution in [0, 0.1) is 0 Å². The zero-order valence-electron chi connectivity index (χ0n) is 39.3. The zero-order chi connectivity index (χ0) is 54.2. The molecule has 0 radical (unpaired) electrons. The molecule has 0 amide bonds. The molecule has 33 atom stereocenters. The molecule has 22 saturated heterocycles. The first-order valence-electron chi connectivity index (χ1n) is 23.8. The molecule has 33 nitrogen and oxygen atoms in total. The standard InChI is InChI=1S/C41H70O33/c1-9(48)17(50)10(49)8-62-35-28(61)41-68-16(7-47)34(35)74-40-27(60)22(55)32(14(5-45)67-40)72-38-25(58)20(53)30(12(3-43)65-38)70-36-23(56)18(51)29(11(2-42)63-36)69-37-24(57)19(52)31(13(4-44)64-37)71-39-26(59)21(54)33(73-41)15(6-46)66-39/h9-61H,2-8H2,1H3/t9?,10?,11-,12-,13-,14-,15-,16-,17?,18-,19-,20-,21-,22-,23-,24-,25-,26-,27-,28-,29-,30-,31-,32-,33-,34+,35-,36-,37-,38-,39-,40-,41-/m1/s1. The summed E-state index contributed by atoms with van der Waals surface area (Å²) in [6.45, 7) is -6.04. The first-order chi connectivity index (χ1) is 35.1. The van der Waals surface area contributed by atoms with E-state index < -0.39 is 249 Å². The maximum Gasteiger partial charge on any atom is 0.187 e. The van der Waals surface area contributed by atoms with E-state index in [0.717, 1.165) is 6.92 Å². The normalized spacial score (nSPS) is 52.0. The van der Waals surface area contributed by atoms with Crippen molar-refractivity contribution in [2.75, 3.05) is 46.2 Å². The minimum Gasteiger partial charge on any atom is -0.394 e. The molecule has 0 aromatic carbocycles. The summed E-state index contributed by atoms with van der Waals surface area (Å²) < 4.78 is 74.7. The van der Waals surface area contributed by atoms with Crippen LogP contribution in [0.3, 0.4) is 0 Å². The number of aliphatic hydroxyl groups excluding tert-OH is 20. The lowest BCUT2D eigenvalue weighted by molar-refractivity contribution is -0.405. The van der Waals surface area contributed by atoms with Crippen molar-refractivity contribution < 1.29 is 164 Å². The minimum atomic E-state index is -2.23. The molecule has 74 heavy (non-hydrogen) atoms. The summed E-state index contributed by atoms with van der Waals surface area (Å²) in [5.41, 5.74) is 0. The Hall–Kier alpha value is -1.32. The molecule has 22 rings (SSSR count). The lowest BCUT2D eigenvalue weighted by Crippen LogP contribution is -2.69. The van der Waals surface area contributed by atoms with Gasteiger partial charge in [-0.3, -0.25) is 0 Å². The summed E-state index contributed by atoms with van der Waals surface area (Å²) in [5.74, 6) is 0. The summed E-state index contributed by atoms with van der Waals surface area (Å²) in [6.07, 6.45) is -65.1. The Morgan fingerprint density at radius 3 is 0.757 bits per heavy atom. The van der Waals surface area contributed by atoms with Crippen LogP contribution in [0.1, 0.15) is 6.92 Å². The topological polar surface area (TPSA) is 525 Å². The molecule has 0 saturated carbocycles. The molecule has 12 bridgehead atoms. The van der Waals surface area contributed by atoms with Gasteiger partial charge >= 0.3 is 0 Å². The summed E-state index contributed by atoms with van der Waals surface area (Å²) in [6, 6.07) is 0. The highest BCUT2D eigenvalue weighted by Crippen LogP contribution is 2.38. The minimum absolute atomic E-state index is 0.917. The van der Waals surface area contributed by atoms with Crippen molar-refractivity contribution in [3.63, 3.8) is 0 Å². The Kier molecular flexibility index (Phi) is 21.1. The number of hydrogen-bond donors (Lipinski definition) is 20. The smallest absolute Gasteiger partial charge is 0.187 e. The number of ether oxygens (including phenoxy) is 13. The van der Waals surface area contributed by atoms with E-state index >= 15 is 0 Å². The van der Waals surface area contributed by atoms with Gasteiger partial charge in [0.15, 0.2) is 37.7 Å². The van der Waals surface area contributed by atoms with Gasteiger partial charge in [-0.25, -0.2) is 0 Å². The monoisotopic (exact) mass is 1090 g/mol. The molecule has 33 heteroatoms. The molecule has 20 N–H and O–H groups in total. The van der Waals surface area contributed by atoms with E-state index in [1.807, 2.05) is 0 Å². The fourth-order valence-corrected chi connectivity index (χ4v) is 9.73. The molecule has 22 aliphatic heterocycles. The van der Waals surface area contributed by atoms with Crippen LogP contribution in [0.15, 0.2) is 0 Å². The number of aliphatic hydroxyl groups is 20. The Bertz CT molecular complexity index is 1700. The molecular formula is C41H70O33. The van der Waals surface area contributed by atoms with E-state index in [1.54, 1.807) is 0 Å². The van der Waals surface area contributed by atoms with Gasteiger partial charge in [-0.15, -0.1) is 0 Å². The molecule has 22 fully saturated rings. The van der Waals surface area contributed by atoms with E-state index in [-0.39, 0.29) is 0 Å². The van der Waals surface area contributed by atoms with E-state index in [2.05, 4.69) is 0 Å². The first-order valence-corrected chi connectivity index (χ1v) is 23.8. The molecule has 0 spiro atoms. The fraction of sp³-hybridized carbons (Fsp3) is 1.00. The summed E-state index contributed by atoms with van der Waals surface area (Å²) in [5, 5.41) is 218. The molecule has 0 aliphatic carbocycles. The summed E-state index contributed by atoms with van der Waals surface area (Å²) >= 11 is 0. The van der Waals surface area contributed by atoms with Gasteiger partial charge in [0.05, 0.1) is 52.4 Å². The highest BCUT2D eigenvalue weighted by Gasteiger charge is 2.59. The van der Waals surface area contributed by atoms with Gasteiger partial charge in [0.2, 0.25) is 0 Å². The fourth-order valence-electron chi connectivity index (χ4n) is 9.73. The van der Waals surface area contributed by atoms with Crippen LogP contribution >= 0.6 is 0 Å². The van der Waals surface area contributed by atoms with Crippen molar-refractivity contribution in [2.45, 2.75) is 209 Å². The number of hydrogen-bond acceptors (Lipinski definition) is 33. The average molecular weight is 1090 g/mol. The summed E-state index contributed by atoms with van der Waals surface area (Å²) in [4.78, 5) is 0. The second kappa shape index (κ2) is 25.9. The Balaban J connectivity index is 1.23. The van der Waals surface area contributed by atoms with Crippen LogP contribution in [0.5, 0.6) is 0 Å². The average Bonchev–Trinajstić information content (AvgIpc) is 3.38. The largest absolute Gasteiger partial charge is 0.394 e. The van der Waals surface area contributed by atoms with E-state index in [1.165, 1.54) is 0 Å². The molecule has 22 aliphatic rings. The van der Waals surface area contributed by atoms with Crippen LogP contribution in [0.2, 0.25) is 0 Å². The molecule has 432 valence electrons. The van der Waals surface area contributed by atoms with Gasteiger partial charge in [-0.05, 0) is 6.92 Å². The second-order valence-electron chi connectivity index (χ2n) is 19.0. The SMILES string of the molecule is CC(O)C(O)C(O)CO[C@@H]1[C@@H](O)[C@H]2O[C@H]3[C@H](O)[C@@H](O)[C@@H](O[C@H]4[C@H](O)[C@@H](O)[C@@H](O[C@H]5[C@H](O)[C@@H](O)[C@@H](O[C@H]6[C@H](O)[C@@H](O)[C@@H](O[C@H]7[C@H](O)[C@@H](O)[C@@H](O[C@H]1[C@@H](CO)O2)O[C@@H]7CO)O[C@@H]6CO)O[C@@H]5CO)O[C@@H]4CO)O[C@@H]3CO. The van der Waals surface area contributed by atoms with Gasteiger partial charge in [-0.1, -0.05) is 0 Å². The van der Waals surface area contributed by atoms with Gasteiger partial charge in [0.25, 0.3) is 0 Å². The highest BCUT2D eigenvalue weighted by atomic mass is 16.8. The third-order valence-corrected chi connectivity index (χ3v) is 14.0. The van der Waals surface area contributed by atoms with Crippen molar-refractivity contribution in [3.05, 3.63) is 0 Å². The van der Waals surface area contributed by atoms with E-state index in [0.29, 0.717) is 0 Å². The molecule has 0 aromatic heterocycles. The van der Waals surface area contributed by atoms with E-state index in [4.69, 9.17) is 61.6 Å². The highest BCUT2D eigenvalue weighted by molar-refractivity contribution is 5.01. The van der Waals surface area contributed by atoms with Gasteiger partial charge in [0, 0.05) is 0 Å². The molecule has 0 aromatic rings. The Morgan fingerprint density at radius 2 is 0.527 bits per heavy atom. The van der Waals surface area contributed by atoms with Crippen LogP contribution in [-0.2, 0) is 61.6 Å². The quantitative estimate of drug-likeness (QED) is 0.0913. The van der Waals surface area contributed by atoms with Crippen molar-refractivity contribution in [3.8, 4) is 0 Å². The van der Waals surface area contributed by atoms with Crippen LogP contribution in [-0.4, -0.2) is 351 Å². The Labute approximate surface area is 419 Å². The molecular weight excluding hydrogens is 1020 g/mol. The van der Waals surface area contributed by atoms with Gasteiger partial charge in [-0.2, -0.15) is 0 Å². The van der Waals surface area contributed by atoms with Gasteiger partial charge < -0.3 is 164 Å². The number of rotatable bonds is 11. The lowest BCUT2D eigenvalue weighted by Gasteiger charge is -2.51. The van der Waals surface area contributed by atoms with Crippen molar-refractivity contribution >= 4 is 0 Å². The lowest BCUT2D eigenvalue weighted by atomic mass is 9.94. The first kappa shape index (κ1) is 60.3. The summed E-state index contributed by atoms with van der Waals surface area (Å²) in [7, 11) is 0. The third-order valence-electron chi connectivity index (χ3n) is 14.0. The van der Waals surface area contributed by atoms with Crippen LogP contribution < -0.4 is 0 Å². The molecule has 3 unspecified atom stereocenters. The van der Waals surface area contributed by atoms with Crippen LogP contribution in [0.25, 0.3) is 0 Å². The van der Waals surface area contributed by atoms with Crippen LogP contribution in [0.4, 0.5) is 0 Å². The van der Waals surface area contributed by atoms with Gasteiger partial charge in [0.1, 0.15) is 159 Å².